The van der Waals surface area contributed by atoms with Crippen LogP contribution in [0.1, 0.15) is 53.4 Å². The van der Waals surface area contributed by atoms with Gasteiger partial charge in [-0.3, -0.25) is 14.4 Å². The molecule has 0 aromatic carbocycles. The van der Waals surface area contributed by atoms with Crippen molar-refractivity contribution >= 4 is 17.5 Å². The molecule has 0 amide bonds. The van der Waals surface area contributed by atoms with Gasteiger partial charge < -0.3 is 14.6 Å². The van der Waals surface area contributed by atoms with Crippen LogP contribution in [0.2, 0.25) is 0 Å². The van der Waals surface area contributed by atoms with Crippen LogP contribution in [0.4, 0.5) is 0 Å². The fraction of sp³-hybridized carbons (Fsp3) is 0.708. The molecule has 4 aliphatic carbocycles. The van der Waals surface area contributed by atoms with Crippen LogP contribution in [0.25, 0.3) is 0 Å². The Hall–Kier alpha value is -1.79. The number of rotatable bonds is 3. The summed E-state index contributed by atoms with van der Waals surface area (Å²) in [4.78, 5) is 36.2. The first-order valence-corrected chi connectivity index (χ1v) is 11.0. The van der Waals surface area contributed by atoms with Gasteiger partial charge in [0.1, 0.15) is 11.2 Å². The average molecular weight is 414 g/mol. The van der Waals surface area contributed by atoms with Crippen LogP contribution in [0.3, 0.4) is 0 Å². The van der Waals surface area contributed by atoms with Crippen LogP contribution in [0.15, 0.2) is 23.8 Å². The quantitative estimate of drug-likeness (QED) is 0.564. The third-order valence-electron chi connectivity index (χ3n) is 9.28. The number of fused-ring (bicyclic) bond motifs is 3. The Labute approximate surface area is 176 Å². The molecular formula is C24H30O6. The number of esters is 1. The van der Waals surface area contributed by atoms with Gasteiger partial charge in [-0.2, -0.15) is 0 Å². The molecule has 162 valence electrons. The van der Waals surface area contributed by atoms with Crippen molar-refractivity contribution in [1.82, 2.24) is 0 Å². The lowest BCUT2D eigenvalue weighted by molar-refractivity contribution is -0.166. The maximum Gasteiger partial charge on any atom is 0.303 e. The van der Waals surface area contributed by atoms with Gasteiger partial charge in [0.25, 0.3) is 0 Å². The molecule has 4 fully saturated rings. The van der Waals surface area contributed by atoms with E-state index in [2.05, 4.69) is 13.8 Å². The molecule has 30 heavy (non-hydrogen) atoms. The van der Waals surface area contributed by atoms with Crippen molar-refractivity contribution in [2.45, 2.75) is 70.7 Å². The van der Waals surface area contributed by atoms with E-state index in [1.807, 2.05) is 13.0 Å². The molecule has 0 unspecified atom stereocenters. The van der Waals surface area contributed by atoms with Crippen molar-refractivity contribution in [1.29, 1.82) is 0 Å². The molecule has 8 atom stereocenters. The minimum absolute atomic E-state index is 0.0355. The highest BCUT2D eigenvalue weighted by Crippen LogP contribution is 2.76. The number of ether oxygens (including phenoxy) is 2. The molecule has 1 spiro atoms. The molecule has 0 aromatic rings. The summed E-state index contributed by atoms with van der Waals surface area (Å²) >= 11 is 0. The van der Waals surface area contributed by atoms with Gasteiger partial charge in [-0.15, -0.1) is 0 Å². The zero-order chi connectivity index (χ0) is 21.7. The van der Waals surface area contributed by atoms with Crippen molar-refractivity contribution in [2.24, 2.45) is 28.6 Å². The highest BCUT2D eigenvalue weighted by atomic mass is 16.6. The van der Waals surface area contributed by atoms with Gasteiger partial charge in [-0.1, -0.05) is 25.5 Å². The van der Waals surface area contributed by atoms with Crippen molar-refractivity contribution in [3.05, 3.63) is 23.8 Å². The maximum atomic E-state index is 13.0. The van der Waals surface area contributed by atoms with Crippen LogP contribution in [0.5, 0.6) is 0 Å². The summed E-state index contributed by atoms with van der Waals surface area (Å²) in [5.74, 6) is -0.326. The minimum atomic E-state index is -1.51. The van der Waals surface area contributed by atoms with Gasteiger partial charge in [0.05, 0.1) is 6.10 Å². The van der Waals surface area contributed by atoms with E-state index < -0.39 is 22.8 Å². The van der Waals surface area contributed by atoms with E-state index in [1.165, 1.54) is 6.92 Å². The van der Waals surface area contributed by atoms with E-state index in [1.54, 1.807) is 12.2 Å². The Morgan fingerprint density at radius 2 is 2.03 bits per heavy atom. The lowest BCUT2D eigenvalue weighted by atomic mass is 9.45. The van der Waals surface area contributed by atoms with E-state index in [-0.39, 0.29) is 47.3 Å². The van der Waals surface area contributed by atoms with Crippen molar-refractivity contribution in [3.8, 4) is 0 Å². The molecule has 3 saturated carbocycles. The lowest BCUT2D eigenvalue weighted by Crippen LogP contribution is -2.62. The predicted molar refractivity (Wildman–Crippen MR) is 107 cm³/mol. The van der Waals surface area contributed by atoms with E-state index in [0.717, 1.165) is 18.4 Å². The average Bonchev–Trinajstić information content (AvgIpc) is 3.34. The number of Topliss-reactive ketones (excluding diaryl/α,β-unsaturated/α-hetero) is 1. The predicted octanol–water partition coefficient (Wildman–Crippen LogP) is 2.53. The Kier molecular flexibility index (Phi) is 3.97. The van der Waals surface area contributed by atoms with Crippen LogP contribution >= 0.6 is 0 Å². The summed E-state index contributed by atoms with van der Waals surface area (Å²) in [5, 5.41) is 11.6. The Morgan fingerprint density at radius 3 is 2.73 bits per heavy atom. The Morgan fingerprint density at radius 1 is 1.30 bits per heavy atom. The topological polar surface area (TPSA) is 93.2 Å². The smallest absolute Gasteiger partial charge is 0.303 e. The molecule has 1 heterocycles. The molecule has 1 aliphatic heterocycles. The summed E-state index contributed by atoms with van der Waals surface area (Å²) in [7, 11) is 0. The highest BCUT2D eigenvalue weighted by Gasteiger charge is 2.81. The second-order valence-corrected chi connectivity index (χ2v) is 10.5. The number of aliphatic hydroxyl groups is 1. The SMILES string of the molecule is CC(=O)OCC(=O)[C@@]1(O)CC[C@@H]2[C@@H]3C[C@H](C)C4=CC(=O)C=C[C@]4(C)[C@]34O[C@@H]4C[C@]21C. The third kappa shape index (κ3) is 2.19. The number of allylic oxidation sites excluding steroid dienone is 2. The van der Waals surface area contributed by atoms with Crippen molar-refractivity contribution in [2.75, 3.05) is 6.61 Å². The molecule has 0 aromatic heterocycles. The minimum Gasteiger partial charge on any atom is -0.458 e. The van der Waals surface area contributed by atoms with E-state index >= 15 is 0 Å². The molecule has 6 nitrogen and oxygen atoms in total. The molecule has 0 bridgehead atoms. The number of ketones is 2. The van der Waals surface area contributed by atoms with E-state index in [9.17, 15) is 19.5 Å². The summed E-state index contributed by atoms with van der Waals surface area (Å²) in [6.45, 7) is 7.24. The normalized spacial score (nSPS) is 50.6. The molecule has 5 aliphatic rings. The summed E-state index contributed by atoms with van der Waals surface area (Å²) in [6, 6.07) is 0. The highest BCUT2D eigenvalue weighted by molar-refractivity contribution is 6.01. The largest absolute Gasteiger partial charge is 0.458 e. The van der Waals surface area contributed by atoms with Crippen molar-refractivity contribution < 1.29 is 29.0 Å². The number of hydrogen-bond acceptors (Lipinski definition) is 6. The maximum absolute atomic E-state index is 13.0. The first-order chi connectivity index (χ1) is 14.0. The van der Waals surface area contributed by atoms with Crippen molar-refractivity contribution in [3.63, 3.8) is 0 Å². The van der Waals surface area contributed by atoms with Gasteiger partial charge >= 0.3 is 5.97 Å². The summed E-state index contributed by atoms with van der Waals surface area (Å²) in [6.07, 6.45) is 8.02. The first-order valence-electron chi connectivity index (χ1n) is 11.0. The Balaban J connectivity index is 1.52. The van der Waals surface area contributed by atoms with Gasteiger partial charge in [0.15, 0.2) is 12.4 Å². The van der Waals surface area contributed by atoms with Crippen LogP contribution in [-0.2, 0) is 23.9 Å². The lowest BCUT2D eigenvalue weighted by Gasteiger charge is -2.57. The fourth-order valence-corrected chi connectivity index (χ4v) is 7.79. The fourth-order valence-electron chi connectivity index (χ4n) is 7.79. The van der Waals surface area contributed by atoms with Gasteiger partial charge in [0, 0.05) is 17.8 Å². The van der Waals surface area contributed by atoms with Gasteiger partial charge in [0.2, 0.25) is 5.78 Å². The standard InChI is InChI=1S/C24H30O6/c1-13-9-18-16-6-8-23(28,19(27)12-29-14(2)25)22(16,4)11-20-24(18,30-20)21(3)7-5-15(26)10-17(13)21/h5,7,10,13,16,18,20,28H,6,8-9,11-12H2,1-4H3/t13-,16+,18-,20+,21-,22+,23-,24-/m0/s1. The molecule has 0 radical (unpaired) electrons. The molecule has 1 saturated heterocycles. The number of carbonyl (C=O) groups is 3. The van der Waals surface area contributed by atoms with Gasteiger partial charge in [-0.05, 0) is 62.5 Å². The van der Waals surface area contributed by atoms with Crippen LogP contribution in [-0.4, -0.2) is 46.6 Å². The molecule has 1 N–H and O–H groups in total. The molecule has 5 rings (SSSR count). The molecular weight excluding hydrogens is 384 g/mol. The van der Waals surface area contributed by atoms with E-state index in [4.69, 9.17) is 9.47 Å². The number of carbonyl (C=O) groups excluding carboxylic acids is 3. The van der Waals surface area contributed by atoms with Crippen LogP contribution < -0.4 is 0 Å². The second-order valence-electron chi connectivity index (χ2n) is 10.5. The first kappa shape index (κ1) is 20.1. The zero-order valence-electron chi connectivity index (χ0n) is 18.1. The third-order valence-corrected chi connectivity index (χ3v) is 9.28. The summed E-state index contributed by atoms with van der Waals surface area (Å²) < 4.78 is 11.4. The zero-order valence-corrected chi connectivity index (χ0v) is 18.1. The van der Waals surface area contributed by atoms with Gasteiger partial charge in [-0.25, -0.2) is 0 Å². The monoisotopic (exact) mass is 414 g/mol. The summed E-state index contributed by atoms with van der Waals surface area (Å²) in [5.41, 5.74) is -1.68. The van der Waals surface area contributed by atoms with Crippen LogP contribution in [0, 0.1) is 28.6 Å². The number of hydrogen-bond donors (Lipinski definition) is 1. The Bertz CT molecular complexity index is 919. The van der Waals surface area contributed by atoms with E-state index in [0.29, 0.717) is 12.8 Å². The second kappa shape index (κ2) is 5.92. The molecule has 6 heteroatoms. The number of epoxide rings is 1.